The number of hydrogen-bond acceptors (Lipinski definition) is 4. The van der Waals surface area contributed by atoms with E-state index in [9.17, 15) is 4.79 Å². The number of nitrogens with zero attached hydrogens (tertiary/aromatic N) is 1. The van der Waals surface area contributed by atoms with Crippen LogP contribution in [0, 0.1) is 0 Å². The third kappa shape index (κ3) is 6.52. The van der Waals surface area contributed by atoms with Gasteiger partial charge in [0.1, 0.15) is 0 Å². The average Bonchev–Trinajstić information content (AvgIpc) is 3.62. The fraction of sp³-hybridized carbons (Fsp3) is 0.667. The van der Waals surface area contributed by atoms with Crippen LogP contribution in [0.25, 0.3) is 0 Å². The predicted octanol–water partition coefficient (Wildman–Crippen LogP) is 3.13. The molecule has 0 atom stereocenters. The van der Waals surface area contributed by atoms with E-state index in [-0.39, 0.29) is 11.3 Å². The highest BCUT2D eigenvalue weighted by Gasteiger charge is 2.34. The highest BCUT2D eigenvalue weighted by Crippen LogP contribution is 2.42. The van der Waals surface area contributed by atoms with Crippen molar-refractivity contribution in [1.82, 2.24) is 16.0 Å². The van der Waals surface area contributed by atoms with Gasteiger partial charge in [-0.15, -0.1) is 0 Å². The van der Waals surface area contributed by atoms with Gasteiger partial charge >= 0.3 is 0 Å². The summed E-state index contributed by atoms with van der Waals surface area (Å²) in [5.41, 5.74) is 1.32. The Morgan fingerprint density at radius 3 is 2.48 bits per heavy atom. The van der Waals surface area contributed by atoms with Crippen LogP contribution in [-0.4, -0.2) is 52.3 Å². The number of carbonyl (C=O) groups is 1. The number of rotatable bonds is 10. The molecule has 0 bridgehead atoms. The molecule has 0 spiro atoms. The first kappa shape index (κ1) is 23.2. The highest BCUT2D eigenvalue weighted by atomic mass is 16.5. The SMILES string of the molecule is CN=C(NCCCC(=O)NC1CC1)NCC1(c2ccc(OC)c(OC)c2)CCCCC1. The Bertz CT molecular complexity index is 755. The molecule has 0 radical (unpaired) electrons. The summed E-state index contributed by atoms with van der Waals surface area (Å²) in [6, 6.07) is 6.73. The molecule has 172 valence electrons. The van der Waals surface area contributed by atoms with E-state index in [2.05, 4.69) is 33.1 Å². The minimum atomic E-state index is 0.0412. The van der Waals surface area contributed by atoms with Gasteiger partial charge in [-0.1, -0.05) is 25.3 Å². The molecule has 2 fully saturated rings. The first-order valence-corrected chi connectivity index (χ1v) is 11.6. The summed E-state index contributed by atoms with van der Waals surface area (Å²) in [7, 11) is 5.14. The molecule has 7 heteroatoms. The van der Waals surface area contributed by atoms with Crippen molar-refractivity contribution < 1.29 is 14.3 Å². The fourth-order valence-electron chi connectivity index (χ4n) is 4.42. The first-order chi connectivity index (χ1) is 15.1. The molecule has 0 aliphatic heterocycles. The van der Waals surface area contributed by atoms with Gasteiger partial charge < -0.3 is 25.4 Å². The third-order valence-corrected chi connectivity index (χ3v) is 6.44. The number of ether oxygens (including phenoxy) is 2. The molecule has 2 saturated carbocycles. The smallest absolute Gasteiger partial charge is 0.220 e. The quantitative estimate of drug-likeness (QED) is 0.302. The van der Waals surface area contributed by atoms with Gasteiger partial charge in [0.25, 0.3) is 0 Å². The molecule has 1 amide bonds. The molecular weight excluding hydrogens is 392 g/mol. The molecule has 31 heavy (non-hydrogen) atoms. The van der Waals surface area contributed by atoms with Crippen LogP contribution in [0.3, 0.4) is 0 Å². The largest absolute Gasteiger partial charge is 0.493 e. The topological polar surface area (TPSA) is 84.0 Å². The summed E-state index contributed by atoms with van der Waals surface area (Å²) in [5, 5.41) is 9.93. The van der Waals surface area contributed by atoms with E-state index >= 15 is 0 Å². The van der Waals surface area contributed by atoms with Crippen molar-refractivity contribution in [3.63, 3.8) is 0 Å². The minimum absolute atomic E-state index is 0.0412. The van der Waals surface area contributed by atoms with Gasteiger partial charge in [-0.25, -0.2) is 0 Å². The minimum Gasteiger partial charge on any atom is -0.493 e. The number of methoxy groups -OCH3 is 2. The van der Waals surface area contributed by atoms with E-state index in [1.165, 1.54) is 24.8 Å². The zero-order valence-corrected chi connectivity index (χ0v) is 19.3. The number of amides is 1. The summed E-state index contributed by atoms with van der Waals surface area (Å²) in [5.74, 6) is 2.47. The van der Waals surface area contributed by atoms with Gasteiger partial charge in [0, 0.05) is 38.0 Å². The van der Waals surface area contributed by atoms with Crippen LogP contribution in [-0.2, 0) is 10.2 Å². The van der Waals surface area contributed by atoms with E-state index in [0.717, 1.165) is 62.7 Å². The van der Waals surface area contributed by atoms with E-state index in [1.54, 1.807) is 21.3 Å². The molecule has 1 aromatic rings. The lowest BCUT2D eigenvalue weighted by Gasteiger charge is -2.38. The summed E-state index contributed by atoms with van der Waals surface area (Å²) < 4.78 is 11.0. The Morgan fingerprint density at radius 1 is 1.10 bits per heavy atom. The maximum Gasteiger partial charge on any atom is 0.220 e. The molecule has 0 saturated heterocycles. The van der Waals surface area contributed by atoms with Crippen LogP contribution >= 0.6 is 0 Å². The van der Waals surface area contributed by atoms with Crippen molar-refractivity contribution in [2.24, 2.45) is 4.99 Å². The second kappa shape index (κ2) is 11.3. The van der Waals surface area contributed by atoms with Gasteiger partial charge in [-0.05, 0) is 49.8 Å². The molecule has 0 aromatic heterocycles. The Labute approximate surface area is 186 Å². The standard InChI is InChI=1S/C24H38N4O3/c1-25-23(26-15-7-8-22(29)28-19-10-11-19)27-17-24(13-5-4-6-14-24)18-9-12-20(30-2)21(16-18)31-3/h9,12,16,19H,4-8,10-11,13-15,17H2,1-3H3,(H,28,29)(H2,25,26,27). The van der Waals surface area contributed by atoms with Crippen molar-refractivity contribution in [1.29, 1.82) is 0 Å². The second-order valence-corrected chi connectivity index (χ2v) is 8.71. The van der Waals surface area contributed by atoms with Crippen LogP contribution in [0.4, 0.5) is 0 Å². The average molecular weight is 431 g/mol. The number of nitrogens with one attached hydrogen (secondary N) is 3. The van der Waals surface area contributed by atoms with Gasteiger partial charge in [-0.2, -0.15) is 0 Å². The van der Waals surface area contributed by atoms with Crippen LogP contribution in [0.1, 0.15) is 63.4 Å². The van der Waals surface area contributed by atoms with Crippen LogP contribution in [0.5, 0.6) is 11.5 Å². The van der Waals surface area contributed by atoms with Crippen molar-refractivity contribution in [3.8, 4) is 11.5 Å². The highest BCUT2D eigenvalue weighted by molar-refractivity contribution is 5.80. The number of aliphatic imine (C=N–C) groups is 1. The van der Waals surface area contributed by atoms with Gasteiger partial charge in [0.05, 0.1) is 14.2 Å². The zero-order valence-electron chi connectivity index (χ0n) is 19.3. The Hall–Kier alpha value is -2.44. The van der Waals surface area contributed by atoms with Crippen molar-refractivity contribution in [2.75, 3.05) is 34.4 Å². The van der Waals surface area contributed by atoms with E-state index < -0.39 is 0 Å². The first-order valence-electron chi connectivity index (χ1n) is 11.6. The fourth-order valence-corrected chi connectivity index (χ4v) is 4.42. The lowest BCUT2D eigenvalue weighted by molar-refractivity contribution is -0.121. The summed E-state index contributed by atoms with van der Waals surface area (Å²) in [6.45, 7) is 1.53. The second-order valence-electron chi connectivity index (χ2n) is 8.71. The third-order valence-electron chi connectivity index (χ3n) is 6.44. The molecule has 2 aliphatic carbocycles. The molecule has 1 aromatic carbocycles. The van der Waals surface area contributed by atoms with Crippen molar-refractivity contribution >= 4 is 11.9 Å². The van der Waals surface area contributed by atoms with Crippen LogP contribution < -0.4 is 25.4 Å². The van der Waals surface area contributed by atoms with Gasteiger partial charge in [0.15, 0.2) is 17.5 Å². The Morgan fingerprint density at radius 2 is 1.84 bits per heavy atom. The summed E-state index contributed by atoms with van der Waals surface area (Å²) in [6.07, 6.45) is 9.59. The molecular formula is C24H38N4O3. The zero-order chi connectivity index (χ0) is 22.1. The Balaban J connectivity index is 1.56. The normalized spacial score (nSPS) is 18.2. The number of carbonyl (C=O) groups excluding carboxylic acids is 1. The lowest BCUT2D eigenvalue weighted by atomic mass is 9.69. The number of hydrogen-bond donors (Lipinski definition) is 3. The molecule has 0 heterocycles. The van der Waals surface area contributed by atoms with Crippen LogP contribution in [0.15, 0.2) is 23.2 Å². The van der Waals surface area contributed by atoms with Crippen molar-refractivity contribution in [2.45, 2.75) is 69.2 Å². The summed E-state index contributed by atoms with van der Waals surface area (Å²) >= 11 is 0. The summed E-state index contributed by atoms with van der Waals surface area (Å²) in [4.78, 5) is 16.2. The Kier molecular flexibility index (Phi) is 8.43. The lowest BCUT2D eigenvalue weighted by Crippen LogP contribution is -2.46. The number of guanidine groups is 1. The number of benzene rings is 1. The molecule has 3 N–H and O–H groups in total. The van der Waals surface area contributed by atoms with Gasteiger partial charge in [0.2, 0.25) is 5.91 Å². The van der Waals surface area contributed by atoms with Crippen molar-refractivity contribution in [3.05, 3.63) is 23.8 Å². The molecule has 2 aliphatic rings. The maximum absolute atomic E-state index is 11.8. The predicted molar refractivity (Wildman–Crippen MR) is 124 cm³/mol. The van der Waals surface area contributed by atoms with Gasteiger partial charge in [-0.3, -0.25) is 9.79 Å². The van der Waals surface area contributed by atoms with Crippen LogP contribution in [0.2, 0.25) is 0 Å². The monoisotopic (exact) mass is 430 g/mol. The van der Waals surface area contributed by atoms with E-state index in [1.807, 2.05) is 6.07 Å². The maximum atomic E-state index is 11.8. The van der Waals surface area contributed by atoms with E-state index in [0.29, 0.717) is 12.5 Å². The van der Waals surface area contributed by atoms with E-state index in [4.69, 9.17) is 9.47 Å². The molecule has 0 unspecified atom stereocenters. The molecule has 7 nitrogen and oxygen atoms in total. The molecule has 3 rings (SSSR count).